The van der Waals surface area contributed by atoms with Crippen LogP contribution < -0.4 is 5.32 Å². The third kappa shape index (κ3) is 6.09. The number of amides is 1. The van der Waals surface area contributed by atoms with Crippen LogP contribution >= 0.6 is 11.6 Å². The summed E-state index contributed by atoms with van der Waals surface area (Å²) in [6.45, 7) is 8.52. The minimum atomic E-state index is -1.13. The van der Waals surface area contributed by atoms with E-state index >= 15 is 0 Å². The average molecular weight is 580 g/mol. The largest absolute Gasteiger partial charge is 0.478 e. The van der Waals surface area contributed by atoms with E-state index in [9.17, 15) is 14.7 Å². The second kappa shape index (κ2) is 11.8. The van der Waals surface area contributed by atoms with Crippen molar-refractivity contribution in [1.82, 2.24) is 15.3 Å². The zero-order valence-corrected chi connectivity index (χ0v) is 24.9. The van der Waals surface area contributed by atoms with Gasteiger partial charge in [0.15, 0.2) is 0 Å². The van der Waals surface area contributed by atoms with Crippen LogP contribution in [0.3, 0.4) is 0 Å². The summed E-state index contributed by atoms with van der Waals surface area (Å²) < 4.78 is 0. The smallest absolute Gasteiger partial charge is 0.336 e. The first-order valence-corrected chi connectivity index (χ1v) is 14.5. The lowest BCUT2D eigenvalue weighted by Crippen LogP contribution is -2.28. The van der Waals surface area contributed by atoms with Gasteiger partial charge in [0.1, 0.15) is 5.82 Å². The Labute approximate surface area is 250 Å². The van der Waals surface area contributed by atoms with Crippen molar-refractivity contribution in [3.8, 4) is 22.5 Å². The molecule has 4 aromatic carbocycles. The number of imidazole rings is 1. The lowest BCUT2D eigenvalue weighted by molar-refractivity contribution is 0.0697. The van der Waals surface area contributed by atoms with Gasteiger partial charge >= 0.3 is 5.97 Å². The number of carboxylic acids is 1. The number of aromatic carboxylic acids is 1. The van der Waals surface area contributed by atoms with Crippen molar-refractivity contribution in [2.75, 3.05) is 0 Å². The number of H-pyrrole nitrogens is 1. The summed E-state index contributed by atoms with van der Waals surface area (Å²) in [5.41, 5.74) is 5.90. The molecule has 0 saturated carbocycles. The molecule has 0 aliphatic rings. The summed E-state index contributed by atoms with van der Waals surface area (Å²) in [6.07, 6.45) is 1.65. The molecular formula is C35H34ClN3O3. The van der Waals surface area contributed by atoms with Crippen LogP contribution in [0.1, 0.15) is 78.4 Å². The first-order chi connectivity index (χ1) is 20.0. The van der Waals surface area contributed by atoms with Crippen molar-refractivity contribution in [3.63, 3.8) is 0 Å². The van der Waals surface area contributed by atoms with E-state index in [4.69, 9.17) is 16.6 Å². The predicted octanol–water partition coefficient (Wildman–Crippen LogP) is 8.82. The zero-order chi connectivity index (χ0) is 30.0. The molecule has 7 heteroatoms. The van der Waals surface area contributed by atoms with E-state index in [1.165, 1.54) is 6.07 Å². The SMILES string of the molecule is CCCC(NC(=O)c1ccc(-c2ccc(Cl)cc2-c2nc3cc(C(C)(C)C)ccc3[nH]2)c(C(=O)O)c1)c1ccccc1. The normalized spacial score (nSPS) is 12.3. The van der Waals surface area contributed by atoms with E-state index in [-0.39, 0.29) is 28.5 Å². The number of carboxylic acid groups (broad SMARTS) is 1. The highest BCUT2D eigenvalue weighted by Crippen LogP contribution is 2.37. The van der Waals surface area contributed by atoms with Crippen LogP contribution in [0.5, 0.6) is 0 Å². The fraction of sp³-hybridized carbons (Fsp3) is 0.229. The lowest BCUT2D eigenvalue weighted by atomic mass is 9.87. The summed E-state index contributed by atoms with van der Waals surface area (Å²) in [4.78, 5) is 34.1. The molecule has 0 spiro atoms. The summed E-state index contributed by atoms with van der Waals surface area (Å²) in [6, 6.07) is 25.8. The zero-order valence-electron chi connectivity index (χ0n) is 24.2. The molecule has 6 nitrogen and oxygen atoms in total. The highest BCUT2D eigenvalue weighted by atomic mass is 35.5. The number of benzene rings is 4. The Kier molecular flexibility index (Phi) is 8.19. The number of nitrogens with zero attached hydrogens (tertiary/aromatic N) is 1. The number of carbonyl (C=O) groups excluding carboxylic acids is 1. The number of nitrogens with one attached hydrogen (secondary N) is 2. The number of hydrogen-bond acceptors (Lipinski definition) is 3. The van der Waals surface area contributed by atoms with E-state index in [0.717, 1.165) is 35.0 Å². The molecule has 1 atom stereocenters. The number of aromatic amines is 1. The Morgan fingerprint density at radius 2 is 1.67 bits per heavy atom. The van der Waals surface area contributed by atoms with Gasteiger partial charge in [0.2, 0.25) is 0 Å². The number of halogens is 1. The average Bonchev–Trinajstić information content (AvgIpc) is 3.40. The van der Waals surface area contributed by atoms with Gasteiger partial charge in [-0.2, -0.15) is 0 Å². The minimum Gasteiger partial charge on any atom is -0.478 e. The minimum absolute atomic E-state index is 0.0177. The first kappa shape index (κ1) is 29.1. The molecule has 0 aliphatic heterocycles. The van der Waals surface area contributed by atoms with Crippen molar-refractivity contribution >= 4 is 34.5 Å². The van der Waals surface area contributed by atoms with E-state index in [1.807, 2.05) is 36.4 Å². The predicted molar refractivity (Wildman–Crippen MR) is 169 cm³/mol. The molecule has 0 radical (unpaired) electrons. The molecular weight excluding hydrogens is 546 g/mol. The van der Waals surface area contributed by atoms with Crippen molar-refractivity contribution < 1.29 is 14.7 Å². The van der Waals surface area contributed by atoms with Gasteiger partial charge in [-0.05, 0) is 70.5 Å². The summed E-state index contributed by atoms with van der Waals surface area (Å²) in [7, 11) is 0. The summed E-state index contributed by atoms with van der Waals surface area (Å²) in [5.74, 6) is -0.875. The first-order valence-electron chi connectivity index (χ1n) is 14.1. The molecule has 5 rings (SSSR count). The second-order valence-corrected chi connectivity index (χ2v) is 12.0. The molecule has 1 aromatic heterocycles. The van der Waals surface area contributed by atoms with Crippen LogP contribution in [0, 0.1) is 0 Å². The third-order valence-electron chi connectivity index (χ3n) is 7.47. The molecule has 0 aliphatic carbocycles. The van der Waals surface area contributed by atoms with Gasteiger partial charge in [-0.15, -0.1) is 0 Å². The highest BCUT2D eigenvalue weighted by molar-refractivity contribution is 6.31. The van der Waals surface area contributed by atoms with Crippen LogP contribution in [0.2, 0.25) is 5.02 Å². The van der Waals surface area contributed by atoms with Gasteiger partial charge in [0.05, 0.1) is 22.6 Å². The van der Waals surface area contributed by atoms with E-state index in [1.54, 1.807) is 30.3 Å². The third-order valence-corrected chi connectivity index (χ3v) is 7.71. The van der Waals surface area contributed by atoms with Gasteiger partial charge < -0.3 is 15.4 Å². The fourth-order valence-electron chi connectivity index (χ4n) is 5.18. The number of hydrogen-bond donors (Lipinski definition) is 3. The maximum absolute atomic E-state index is 13.3. The van der Waals surface area contributed by atoms with E-state index in [2.05, 4.69) is 50.1 Å². The molecule has 42 heavy (non-hydrogen) atoms. The Bertz CT molecular complexity index is 1770. The molecule has 3 N–H and O–H groups in total. The molecule has 0 fully saturated rings. The van der Waals surface area contributed by atoms with Gasteiger partial charge in [-0.3, -0.25) is 4.79 Å². The van der Waals surface area contributed by atoms with Gasteiger partial charge in [0, 0.05) is 16.1 Å². The Morgan fingerprint density at radius 3 is 2.36 bits per heavy atom. The number of carbonyl (C=O) groups is 2. The number of fused-ring (bicyclic) bond motifs is 1. The molecule has 1 unspecified atom stereocenters. The van der Waals surface area contributed by atoms with Crippen molar-refractivity contribution in [1.29, 1.82) is 0 Å². The lowest BCUT2D eigenvalue weighted by Gasteiger charge is -2.19. The van der Waals surface area contributed by atoms with Crippen LogP contribution in [0.25, 0.3) is 33.5 Å². The molecule has 5 aromatic rings. The maximum atomic E-state index is 13.3. The van der Waals surface area contributed by atoms with Gasteiger partial charge in [-0.1, -0.05) is 94.2 Å². The standard InChI is InChI=1S/C35H34ClN3O3/c1-5-9-29(21-10-7-6-8-11-21)39-33(40)22-12-15-26(28(18-22)34(41)42)25-16-14-24(36)20-27(25)32-37-30-17-13-23(35(2,3)4)19-31(30)38-32/h6-8,10-20,29H,5,9H2,1-4H3,(H,37,38)(H,39,40)(H,41,42). The van der Waals surface area contributed by atoms with E-state index < -0.39 is 5.97 Å². The Morgan fingerprint density at radius 1 is 0.929 bits per heavy atom. The Hall–Kier alpha value is -4.42. The van der Waals surface area contributed by atoms with Gasteiger partial charge in [-0.25, -0.2) is 9.78 Å². The van der Waals surface area contributed by atoms with Crippen LogP contribution in [0.4, 0.5) is 0 Å². The fourth-order valence-corrected chi connectivity index (χ4v) is 5.35. The molecule has 0 bridgehead atoms. The quantitative estimate of drug-likeness (QED) is 0.171. The monoisotopic (exact) mass is 579 g/mol. The highest BCUT2D eigenvalue weighted by Gasteiger charge is 2.22. The topological polar surface area (TPSA) is 95.1 Å². The van der Waals surface area contributed by atoms with Crippen LogP contribution in [-0.2, 0) is 5.41 Å². The van der Waals surface area contributed by atoms with Crippen LogP contribution in [0.15, 0.2) is 84.9 Å². The van der Waals surface area contributed by atoms with Crippen LogP contribution in [-0.4, -0.2) is 27.0 Å². The molecule has 214 valence electrons. The van der Waals surface area contributed by atoms with Crippen molar-refractivity contribution in [2.45, 2.75) is 52.0 Å². The summed E-state index contributed by atoms with van der Waals surface area (Å²) in [5, 5.41) is 13.8. The second-order valence-electron chi connectivity index (χ2n) is 11.5. The molecule has 1 heterocycles. The summed E-state index contributed by atoms with van der Waals surface area (Å²) >= 11 is 6.42. The number of rotatable bonds is 8. The van der Waals surface area contributed by atoms with Crippen molar-refractivity contribution in [3.05, 3.63) is 112 Å². The van der Waals surface area contributed by atoms with Gasteiger partial charge in [0.25, 0.3) is 5.91 Å². The van der Waals surface area contributed by atoms with Crippen molar-refractivity contribution in [2.24, 2.45) is 0 Å². The maximum Gasteiger partial charge on any atom is 0.336 e. The molecule has 1 amide bonds. The molecule has 0 saturated heterocycles. The van der Waals surface area contributed by atoms with E-state index in [0.29, 0.717) is 27.5 Å². The Balaban J connectivity index is 1.54. The number of aromatic nitrogens is 2.